The van der Waals surface area contributed by atoms with E-state index in [9.17, 15) is 13.0 Å². The summed E-state index contributed by atoms with van der Waals surface area (Å²) in [5, 5.41) is 3.22. The maximum absolute atomic E-state index is 11.6. The molecule has 0 spiro atoms. The quantitative estimate of drug-likeness (QED) is 0.316. The van der Waals surface area contributed by atoms with Crippen LogP contribution in [0.15, 0.2) is 108 Å². The molecule has 1 aliphatic heterocycles. The minimum Gasteiger partial charge on any atom is -0.744 e. The SMILES string of the molecule is CC1(C)C(/C=C/C=C/Nc2ccccc2)=[N+](c2ccccc2)c2ccc(S(=O)(=O)[O-])cc21. The molecule has 0 aromatic heterocycles. The first-order valence-corrected chi connectivity index (χ1v) is 11.7. The van der Waals surface area contributed by atoms with Crippen LogP contribution in [-0.4, -0.2) is 18.7 Å². The summed E-state index contributed by atoms with van der Waals surface area (Å²) in [4.78, 5) is -0.213. The Morgan fingerprint density at radius 3 is 2.22 bits per heavy atom. The fourth-order valence-electron chi connectivity index (χ4n) is 3.93. The van der Waals surface area contributed by atoms with Gasteiger partial charge in [-0.2, -0.15) is 4.58 Å². The number of hydrogen-bond donors (Lipinski definition) is 1. The Labute approximate surface area is 188 Å². The van der Waals surface area contributed by atoms with Crippen molar-refractivity contribution in [3.05, 3.63) is 109 Å². The average molecular weight is 445 g/mol. The number of fused-ring (bicyclic) bond motifs is 1. The van der Waals surface area contributed by atoms with Crippen molar-refractivity contribution in [3.63, 3.8) is 0 Å². The summed E-state index contributed by atoms with van der Waals surface area (Å²) in [5.74, 6) is 0. The van der Waals surface area contributed by atoms with E-state index >= 15 is 0 Å². The zero-order chi connectivity index (χ0) is 22.8. The molecule has 32 heavy (non-hydrogen) atoms. The van der Waals surface area contributed by atoms with Gasteiger partial charge in [-0.15, -0.1) is 0 Å². The molecule has 5 nitrogen and oxygen atoms in total. The van der Waals surface area contributed by atoms with Crippen molar-refractivity contribution in [2.24, 2.45) is 0 Å². The fourth-order valence-corrected chi connectivity index (χ4v) is 4.43. The molecule has 0 radical (unpaired) electrons. The molecular formula is C26H24N2O3S. The minimum atomic E-state index is -4.54. The van der Waals surface area contributed by atoms with Gasteiger partial charge in [0.15, 0.2) is 5.71 Å². The summed E-state index contributed by atoms with van der Waals surface area (Å²) in [6.07, 6.45) is 7.73. The van der Waals surface area contributed by atoms with Gasteiger partial charge in [-0.25, -0.2) is 8.42 Å². The molecule has 0 bridgehead atoms. The summed E-state index contributed by atoms with van der Waals surface area (Å²) in [7, 11) is -4.54. The lowest BCUT2D eigenvalue weighted by atomic mass is 9.81. The van der Waals surface area contributed by atoms with Gasteiger partial charge in [-0.05, 0) is 44.2 Å². The van der Waals surface area contributed by atoms with E-state index in [4.69, 9.17) is 0 Å². The van der Waals surface area contributed by atoms with Crippen molar-refractivity contribution >= 4 is 32.9 Å². The van der Waals surface area contributed by atoms with Gasteiger partial charge < -0.3 is 9.87 Å². The molecule has 3 aromatic carbocycles. The van der Waals surface area contributed by atoms with Gasteiger partial charge in [0.1, 0.15) is 10.1 Å². The molecule has 3 aromatic rings. The lowest BCUT2D eigenvalue weighted by Crippen LogP contribution is -2.27. The van der Waals surface area contributed by atoms with Crippen LogP contribution < -0.4 is 9.89 Å². The van der Waals surface area contributed by atoms with E-state index in [0.717, 1.165) is 28.3 Å². The normalized spacial score (nSPS) is 15.5. The Kier molecular flexibility index (Phi) is 5.82. The summed E-state index contributed by atoms with van der Waals surface area (Å²) in [5.41, 5.74) is 4.08. The highest BCUT2D eigenvalue weighted by Crippen LogP contribution is 2.42. The highest BCUT2D eigenvalue weighted by atomic mass is 32.2. The van der Waals surface area contributed by atoms with Crippen LogP contribution >= 0.6 is 0 Å². The number of nitrogens with zero attached hydrogens (tertiary/aromatic N) is 1. The first-order valence-electron chi connectivity index (χ1n) is 10.3. The van der Waals surface area contributed by atoms with Crippen molar-refractivity contribution in [1.82, 2.24) is 4.58 Å². The van der Waals surface area contributed by atoms with E-state index < -0.39 is 15.5 Å². The highest BCUT2D eigenvalue weighted by molar-refractivity contribution is 7.85. The maximum atomic E-state index is 11.6. The van der Waals surface area contributed by atoms with E-state index in [0.29, 0.717) is 0 Å². The van der Waals surface area contributed by atoms with Crippen LogP contribution in [0.5, 0.6) is 0 Å². The molecule has 0 unspecified atom stereocenters. The zero-order valence-electron chi connectivity index (χ0n) is 17.9. The molecule has 1 heterocycles. The molecule has 6 heteroatoms. The maximum Gasteiger partial charge on any atom is 0.215 e. The van der Waals surface area contributed by atoms with E-state index in [1.807, 2.05) is 98.9 Å². The second-order valence-corrected chi connectivity index (χ2v) is 9.42. The molecule has 162 valence electrons. The highest BCUT2D eigenvalue weighted by Gasteiger charge is 2.45. The first-order chi connectivity index (χ1) is 15.3. The Balaban J connectivity index is 1.75. The number of nitrogens with one attached hydrogen (secondary N) is 1. The van der Waals surface area contributed by atoms with Crippen molar-refractivity contribution < 1.29 is 13.0 Å². The van der Waals surface area contributed by atoms with Crippen LogP contribution in [-0.2, 0) is 15.5 Å². The van der Waals surface area contributed by atoms with Gasteiger partial charge in [-0.1, -0.05) is 42.5 Å². The molecule has 0 atom stereocenters. The monoisotopic (exact) mass is 444 g/mol. The summed E-state index contributed by atoms with van der Waals surface area (Å²) < 4.78 is 37.0. The van der Waals surface area contributed by atoms with E-state index in [-0.39, 0.29) is 4.90 Å². The predicted octanol–water partition coefficient (Wildman–Crippen LogP) is 5.34. The molecule has 4 rings (SSSR count). The van der Waals surface area contributed by atoms with Gasteiger partial charge in [0, 0.05) is 41.7 Å². The number of para-hydroxylation sites is 2. The lowest BCUT2D eigenvalue weighted by molar-refractivity contribution is 0.463. The standard InChI is InChI=1S/C26H24N2O3S/c1-26(2)23-19-22(32(29,30)31)16-17-24(23)28(21-13-7-4-8-14-21)25(26)15-9-10-18-27-20-11-5-3-6-12-20/h3-19H,1-2H3,(H,29,30,31). The zero-order valence-corrected chi connectivity index (χ0v) is 18.7. The Morgan fingerprint density at radius 2 is 1.56 bits per heavy atom. The molecule has 0 amide bonds. The first kappa shape index (κ1) is 21.7. The Morgan fingerprint density at radius 1 is 0.906 bits per heavy atom. The summed E-state index contributed by atoms with van der Waals surface area (Å²) in [6.45, 7) is 4.06. The number of hydrogen-bond acceptors (Lipinski definition) is 4. The molecule has 0 saturated heterocycles. The summed E-state index contributed by atoms with van der Waals surface area (Å²) >= 11 is 0. The van der Waals surface area contributed by atoms with Gasteiger partial charge in [0.2, 0.25) is 11.4 Å². The number of anilines is 1. The molecule has 0 aliphatic carbocycles. The van der Waals surface area contributed by atoms with Gasteiger partial charge in [0.05, 0.1) is 10.3 Å². The number of allylic oxidation sites excluding steroid dienone is 3. The van der Waals surface area contributed by atoms with Gasteiger partial charge in [-0.3, -0.25) is 0 Å². The van der Waals surface area contributed by atoms with Crippen molar-refractivity contribution in [2.45, 2.75) is 24.2 Å². The topological polar surface area (TPSA) is 72.2 Å². The van der Waals surface area contributed by atoms with E-state index in [1.54, 1.807) is 6.07 Å². The predicted molar refractivity (Wildman–Crippen MR) is 129 cm³/mol. The smallest absolute Gasteiger partial charge is 0.215 e. The summed E-state index contributed by atoms with van der Waals surface area (Å²) in [6, 6.07) is 24.3. The number of benzene rings is 3. The Bertz CT molecular complexity index is 1320. The molecule has 1 aliphatic rings. The van der Waals surface area contributed by atoms with Crippen LogP contribution in [0.25, 0.3) is 0 Å². The molecule has 0 saturated carbocycles. The van der Waals surface area contributed by atoms with Crippen molar-refractivity contribution in [3.8, 4) is 0 Å². The van der Waals surface area contributed by atoms with Gasteiger partial charge >= 0.3 is 0 Å². The third-order valence-corrected chi connectivity index (χ3v) is 6.38. The van der Waals surface area contributed by atoms with Crippen molar-refractivity contribution in [2.75, 3.05) is 5.32 Å². The van der Waals surface area contributed by atoms with E-state index in [2.05, 4.69) is 9.89 Å². The van der Waals surface area contributed by atoms with Crippen LogP contribution in [0.2, 0.25) is 0 Å². The van der Waals surface area contributed by atoms with Gasteiger partial charge in [0.25, 0.3) is 0 Å². The van der Waals surface area contributed by atoms with Crippen LogP contribution in [0.4, 0.5) is 17.1 Å². The van der Waals surface area contributed by atoms with Crippen LogP contribution in [0, 0.1) is 0 Å². The minimum absolute atomic E-state index is 0.213. The fraction of sp³-hybridized carbons (Fsp3) is 0.115. The Hall–Kier alpha value is -3.48. The number of rotatable bonds is 6. The third kappa shape index (κ3) is 4.28. The molecule has 0 fully saturated rings. The average Bonchev–Trinajstić information content (AvgIpc) is 3.00. The third-order valence-electron chi connectivity index (χ3n) is 5.55. The second-order valence-electron chi connectivity index (χ2n) is 8.04. The van der Waals surface area contributed by atoms with Crippen molar-refractivity contribution in [1.29, 1.82) is 0 Å². The lowest BCUT2D eigenvalue weighted by Gasteiger charge is -2.16. The largest absolute Gasteiger partial charge is 0.744 e. The second kappa shape index (κ2) is 8.57. The molecule has 1 N–H and O–H groups in total. The van der Waals surface area contributed by atoms with Crippen LogP contribution in [0.3, 0.4) is 0 Å². The van der Waals surface area contributed by atoms with E-state index in [1.165, 1.54) is 12.1 Å². The van der Waals surface area contributed by atoms with Crippen LogP contribution in [0.1, 0.15) is 19.4 Å². The molecular weight excluding hydrogens is 420 g/mol.